The molecule has 0 unspecified atom stereocenters. The van der Waals surface area contributed by atoms with Crippen LogP contribution < -0.4 is 16.0 Å². The zero-order valence-corrected chi connectivity index (χ0v) is 43.0. The standard InChI is InChI=1S/C28H38Br9N3O11/c1-21(2,3)17(44)48-10-25(11-49-18(45)22(4,5)38-14(41)26(29,30)31,12-50-19(46)23(6,7)39-15(42)27(32,33)34)13-51-20(47)24(8,9)40-16(43)28(35,36)37/h10-13H2,1-9H3,(H,38,41)(H,39,42)(H,40,43). The van der Waals surface area contributed by atoms with Gasteiger partial charge in [0.15, 0.2) is 0 Å². The molecule has 23 heteroatoms. The second kappa shape index (κ2) is 19.2. The molecule has 3 amide bonds. The summed E-state index contributed by atoms with van der Waals surface area (Å²) in [5.74, 6) is -5.67. The summed E-state index contributed by atoms with van der Waals surface area (Å²) in [5.41, 5.74) is -7.70. The molecule has 0 rings (SSSR count). The third-order valence-electron chi connectivity index (χ3n) is 6.23. The van der Waals surface area contributed by atoms with Crippen molar-refractivity contribution in [2.24, 2.45) is 10.8 Å². The molecule has 0 bridgehead atoms. The molecule has 0 aromatic rings. The maximum absolute atomic E-state index is 13.4. The molecule has 0 aromatic heterocycles. The average molecular weight is 1310 g/mol. The van der Waals surface area contributed by atoms with Gasteiger partial charge >= 0.3 is 23.9 Å². The summed E-state index contributed by atoms with van der Waals surface area (Å²) in [6.07, 6.45) is 0. The molecule has 0 aliphatic carbocycles. The minimum atomic E-state index is -1.78. The van der Waals surface area contributed by atoms with Crippen molar-refractivity contribution in [3.05, 3.63) is 0 Å². The van der Waals surface area contributed by atoms with Crippen LogP contribution in [0.4, 0.5) is 0 Å². The Labute approximate surface area is 372 Å². The Balaban J connectivity index is 6.81. The first-order valence-corrected chi connectivity index (χ1v) is 21.4. The third-order valence-corrected chi connectivity index (χ3v) is 9.47. The predicted molar refractivity (Wildman–Crippen MR) is 221 cm³/mol. The van der Waals surface area contributed by atoms with Gasteiger partial charge in [-0.15, -0.1) is 0 Å². The van der Waals surface area contributed by atoms with Crippen molar-refractivity contribution in [2.45, 2.75) is 85.4 Å². The van der Waals surface area contributed by atoms with Crippen molar-refractivity contribution < 1.29 is 52.5 Å². The number of rotatable bonds is 14. The molecule has 0 fully saturated rings. The Morgan fingerprint density at radius 1 is 0.392 bits per heavy atom. The maximum atomic E-state index is 13.4. The van der Waals surface area contributed by atoms with E-state index in [2.05, 4.69) is 159 Å². The van der Waals surface area contributed by atoms with Crippen LogP contribution in [0.5, 0.6) is 0 Å². The van der Waals surface area contributed by atoms with E-state index in [0.29, 0.717) is 0 Å². The lowest BCUT2D eigenvalue weighted by Gasteiger charge is -2.36. The molecule has 0 aliphatic heterocycles. The topological polar surface area (TPSA) is 192 Å². The molecule has 294 valence electrons. The molecule has 0 spiro atoms. The van der Waals surface area contributed by atoms with Crippen LogP contribution in [-0.2, 0) is 52.5 Å². The number of hydrogen-bond donors (Lipinski definition) is 3. The van der Waals surface area contributed by atoms with E-state index in [9.17, 15) is 33.6 Å². The lowest BCUT2D eigenvalue weighted by molar-refractivity contribution is -0.179. The Kier molecular flexibility index (Phi) is 19.4. The molecule has 0 saturated carbocycles. The number of carbonyl (C=O) groups is 7. The number of nitrogens with one attached hydrogen (secondary N) is 3. The van der Waals surface area contributed by atoms with Crippen molar-refractivity contribution in [1.29, 1.82) is 0 Å². The van der Waals surface area contributed by atoms with Gasteiger partial charge in [0, 0.05) is 0 Å². The first-order valence-electron chi connectivity index (χ1n) is 14.3. The summed E-state index contributed by atoms with van der Waals surface area (Å²) in [6.45, 7) is 10.2. The van der Waals surface area contributed by atoms with Crippen LogP contribution in [-0.4, -0.2) is 91.1 Å². The van der Waals surface area contributed by atoms with Gasteiger partial charge in [-0.3, -0.25) is 19.2 Å². The van der Waals surface area contributed by atoms with Crippen molar-refractivity contribution in [1.82, 2.24) is 16.0 Å². The Morgan fingerprint density at radius 3 is 0.765 bits per heavy atom. The monoisotopic (exact) mass is 1300 g/mol. The molecule has 0 atom stereocenters. The van der Waals surface area contributed by atoms with E-state index in [0.717, 1.165) is 0 Å². The summed E-state index contributed by atoms with van der Waals surface area (Å²) in [4.78, 5) is 90.7. The van der Waals surface area contributed by atoms with E-state index in [-0.39, 0.29) is 0 Å². The van der Waals surface area contributed by atoms with Crippen molar-refractivity contribution in [3.8, 4) is 0 Å². The normalized spacial score (nSPS) is 13.4. The molecular formula is C28H38Br9N3O11. The second-order valence-corrected chi connectivity index (χ2v) is 34.1. The number of esters is 4. The number of carbonyl (C=O) groups excluding carboxylic acids is 7. The minimum Gasteiger partial charge on any atom is -0.464 e. The van der Waals surface area contributed by atoms with E-state index in [1.807, 2.05) is 0 Å². The highest BCUT2D eigenvalue weighted by molar-refractivity contribution is 9.40. The van der Waals surface area contributed by atoms with Crippen molar-refractivity contribution in [3.63, 3.8) is 0 Å². The highest BCUT2D eigenvalue weighted by Crippen LogP contribution is 2.36. The summed E-state index contributed by atoms with van der Waals surface area (Å²) in [7, 11) is 0. The van der Waals surface area contributed by atoms with Crippen molar-refractivity contribution >= 4 is 185 Å². The molecule has 51 heavy (non-hydrogen) atoms. The second-order valence-electron chi connectivity index (χ2n) is 13.8. The van der Waals surface area contributed by atoms with Crippen LogP contribution in [0.25, 0.3) is 0 Å². The lowest BCUT2D eigenvalue weighted by Crippen LogP contribution is -2.56. The predicted octanol–water partition coefficient (Wildman–Crippen LogP) is 6.39. The van der Waals surface area contributed by atoms with Crippen LogP contribution in [0.15, 0.2) is 0 Å². The largest absolute Gasteiger partial charge is 0.464 e. The van der Waals surface area contributed by atoms with Crippen LogP contribution in [0.1, 0.15) is 62.3 Å². The molecule has 0 saturated heterocycles. The lowest BCUT2D eigenvalue weighted by atomic mass is 9.91. The minimum absolute atomic E-state index is 0.614. The number of halogens is 9. The van der Waals surface area contributed by atoms with Gasteiger partial charge in [-0.2, -0.15) is 0 Å². The SMILES string of the molecule is CC(C)(C)C(=O)OCC(COC(=O)C(C)(C)NC(=O)C(Br)(Br)Br)(COC(=O)C(C)(C)NC(=O)C(Br)(Br)Br)COC(=O)C(C)(C)NC(=O)C(Br)(Br)Br. The number of ether oxygens (including phenoxy) is 4. The highest BCUT2D eigenvalue weighted by Gasteiger charge is 2.46. The number of alkyl halides is 9. The first-order chi connectivity index (χ1) is 22.4. The molecular weight excluding hydrogens is 1270 g/mol. The Morgan fingerprint density at radius 2 is 0.588 bits per heavy atom. The fourth-order valence-corrected chi connectivity index (χ4v) is 3.99. The summed E-state index contributed by atoms with van der Waals surface area (Å²) in [6, 6.07) is 0. The van der Waals surface area contributed by atoms with E-state index in [1.165, 1.54) is 41.5 Å². The first kappa shape index (κ1) is 51.6. The van der Waals surface area contributed by atoms with Gasteiger partial charge in [0.25, 0.3) is 17.7 Å². The van der Waals surface area contributed by atoms with Crippen LogP contribution >= 0.6 is 143 Å². The van der Waals surface area contributed by atoms with Gasteiger partial charge in [0.1, 0.15) is 48.5 Å². The summed E-state index contributed by atoms with van der Waals surface area (Å²) in [5, 5.41) is 7.47. The quantitative estimate of drug-likeness (QED) is 0.0992. The molecule has 0 radical (unpaired) electrons. The Hall–Kier alpha value is 0.610. The average Bonchev–Trinajstić information content (AvgIpc) is 2.92. The smallest absolute Gasteiger partial charge is 0.331 e. The van der Waals surface area contributed by atoms with Gasteiger partial charge in [-0.05, 0) is 206 Å². The van der Waals surface area contributed by atoms with Gasteiger partial charge < -0.3 is 34.9 Å². The molecule has 0 heterocycles. The Bertz CT molecular complexity index is 1210. The zero-order chi connectivity index (χ0) is 40.8. The van der Waals surface area contributed by atoms with Gasteiger partial charge in [0.05, 0.1) is 5.41 Å². The highest BCUT2D eigenvalue weighted by atomic mass is 80.0. The third kappa shape index (κ3) is 18.0. The van der Waals surface area contributed by atoms with Crippen molar-refractivity contribution in [2.75, 3.05) is 26.4 Å². The van der Waals surface area contributed by atoms with E-state index in [1.54, 1.807) is 20.8 Å². The molecule has 0 aromatic carbocycles. The zero-order valence-electron chi connectivity index (χ0n) is 28.7. The molecule has 3 N–H and O–H groups in total. The fourth-order valence-electron chi connectivity index (χ4n) is 3.10. The molecule has 14 nitrogen and oxygen atoms in total. The van der Waals surface area contributed by atoms with Gasteiger partial charge in [0.2, 0.25) is 6.43 Å². The summed E-state index contributed by atoms with van der Waals surface area (Å²) < 4.78 is 18.2. The van der Waals surface area contributed by atoms with Gasteiger partial charge in [-0.25, -0.2) is 14.4 Å². The number of amides is 3. The summed E-state index contributed by atoms with van der Waals surface area (Å²) >= 11 is 27.7. The maximum Gasteiger partial charge on any atom is 0.331 e. The van der Waals surface area contributed by atoms with E-state index >= 15 is 0 Å². The van der Waals surface area contributed by atoms with Crippen LogP contribution in [0.2, 0.25) is 0 Å². The van der Waals surface area contributed by atoms with Crippen LogP contribution in [0.3, 0.4) is 0 Å². The number of hydrogen-bond acceptors (Lipinski definition) is 11. The van der Waals surface area contributed by atoms with Gasteiger partial charge in [-0.1, -0.05) is 0 Å². The van der Waals surface area contributed by atoms with Crippen LogP contribution in [0, 0.1) is 10.8 Å². The fraction of sp³-hybridized carbons (Fsp3) is 0.750. The van der Waals surface area contributed by atoms with E-state index in [4.69, 9.17) is 18.9 Å². The molecule has 0 aliphatic rings. The van der Waals surface area contributed by atoms with E-state index < -0.39 is 102 Å².